The third-order valence-corrected chi connectivity index (χ3v) is 3.69. The topological polar surface area (TPSA) is 59.6 Å². The van der Waals surface area contributed by atoms with E-state index in [0.717, 1.165) is 24.1 Å². The van der Waals surface area contributed by atoms with E-state index in [1.807, 2.05) is 24.3 Å². The number of halogens is 1. The van der Waals surface area contributed by atoms with Crippen molar-refractivity contribution >= 4 is 35.6 Å². The summed E-state index contributed by atoms with van der Waals surface area (Å²) in [6, 6.07) is 16.6. The second-order valence-electron chi connectivity index (χ2n) is 5.40. The highest BCUT2D eigenvalue weighted by molar-refractivity contribution is 14.0. The molecule has 0 heterocycles. The van der Waals surface area contributed by atoms with Crippen molar-refractivity contribution in [3.05, 3.63) is 65.2 Å². The van der Waals surface area contributed by atoms with Crippen molar-refractivity contribution in [2.75, 3.05) is 19.0 Å². The molecule has 130 valence electrons. The van der Waals surface area contributed by atoms with Gasteiger partial charge in [0.2, 0.25) is 0 Å². The van der Waals surface area contributed by atoms with Gasteiger partial charge in [0.05, 0.1) is 6.61 Å². The maximum atomic E-state index is 5.98. The van der Waals surface area contributed by atoms with Crippen LogP contribution >= 0.6 is 24.0 Å². The van der Waals surface area contributed by atoms with Crippen molar-refractivity contribution in [3.63, 3.8) is 0 Å². The Bertz CT molecular complexity index is 641. The first-order valence-corrected chi connectivity index (χ1v) is 7.94. The summed E-state index contributed by atoms with van der Waals surface area (Å²) in [5.41, 5.74) is 10.6. The van der Waals surface area contributed by atoms with Crippen molar-refractivity contribution in [2.45, 2.75) is 26.4 Å². The summed E-state index contributed by atoms with van der Waals surface area (Å²) in [7, 11) is 1.68. The lowest BCUT2D eigenvalue weighted by atomic mass is 10.1. The quantitative estimate of drug-likeness (QED) is 0.390. The van der Waals surface area contributed by atoms with Gasteiger partial charge in [-0.2, -0.15) is 0 Å². The maximum Gasteiger partial charge on any atom is 0.193 e. The number of nitrogens with zero attached hydrogens (tertiary/aromatic N) is 1. The van der Waals surface area contributed by atoms with Gasteiger partial charge in [-0.05, 0) is 30.0 Å². The van der Waals surface area contributed by atoms with Crippen molar-refractivity contribution in [2.24, 2.45) is 10.7 Å². The summed E-state index contributed by atoms with van der Waals surface area (Å²) in [5.74, 6) is 0.429. The first-order chi connectivity index (χ1) is 11.2. The zero-order valence-electron chi connectivity index (χ0n) is 14.3. The predicted molar refractivity (Wildman–Crippen MR) is 112 cm³/mol. The Labute approximate surface area is 161 Å². The molecule has 0 aliphatic heterocycles. The second kappa shape index (κ2) is 11.0. The molecule has 4 nitrogen and oxygen atoms in total. The van der Waals surface area contributed by atoms with E-state index in [2.05, 4.69) is 41.5 Å². The normalized spacial score (nSPS) is 11.0. The van der Waals surface area contributed by atoms with E-state index in [9.17, 15) is 0 Å². The number of anilines is 1. The number of aliphatic imine (C=N–C) groups is 1. The number of guanidine groups is 1. The zero-order valence-corrected chi connectivity index (χ0v) is 16.6. The number of hydrogen-bond donors (Lipinski definition) is 2. The van der Waals surface area contributed by atoms with E-state index in [0.29, 0.717) is 19.1 Å². The van der Waals surface area contributed by atoms with Crippen molar-refractivity contribution in [1.82, 2.24) is 0 Å². The highest BCUT2D eigenvalue weighted by atomic mass is 127. The monoisotopic (exact) mass is 439 g/mol. The van der Waals surface area contributed by atoms with Crippen LogP contribution in [0.4, 0.5) is 5.69 Å². The minimum Gasteiger partial charge on any atom is -0.380 e. The Morgan fingerprint density at radius 2 is 1.75 bits per heavy atom. The third-order valence-electron chi connectivity index (χ3n) is 3.69. The van der Waals surface area contributed by atoms with Gasteiger partial charge in [0, 0.05) is 24.9 Å². The number of nitrogens with two attached hydrogens (primary N) is 1. The number of aryl methyl sites for hydroxylation is 1. The number of benzene rings is 2. The Morgan fingerprint density at radius 3 is 2.42 bits per heavy atom. The Morgan fingerprint density at radius 1 is 1.08 bits per heavy atom. The highest BCUT2D eigenvalue weighted by Crippen LogP contribution is 2.15. The summed E-state index contributed by atoms with van der Waals surface area (Å²) in [5, 5.41) is 3.15. The zero-order chi connectivity index (χ0) is 16.5. The summed E-state index contributed by atoms with van der Waals surface area (Å²) >= 11 is 0. The van der Waals surface area contributed by atoms with Gasteiger partial charge in [-0.25, -0.2) is 0 Å². The molecular formula is C19H26IN3O. The number of nitrogens with one attached hydrogen (secondary N) is 1. The van der Waals surface area contributed by atoms with Crippen LogP contribution in [0.1, 0.15) is 23.6 Å². The Hall–Kier alpha value is -1.60. The Kier molecular flexibility index (Phi) is 9.41. The maximum absolute atomic E-state index is 5.98. The first kappa shape index (κ1) is 20.4. The lowest BCUT2D eigenvalue weighted by Crippen LogP contribution is -2.23. The van der Waals surface area contributed by atoms with Gasteiger partial charge in [-0.15, -0.1) is 24.0 Å². The molecule has 24 heavy (non-hydrogen) atoms. The fourth-order valence-corrected chi connectivity index (χ4v) is 2.35. The van der Waals surface area contributed by atoms with Crippen molar-refractivity contribution in [3.8, 4) is 0 Å². The van der Waals surface area contributed by atoms with E-state index in [-0.39, 0.29) is 24.0 Å². The molecule has 2 aromatic carbocycles. The number of para-hydroxylation sites is 1. The molecule has 2 rings (SSSR count). The van der Waals surface area contributed by atoms with Gasteiger partial charge >= 0.3 is 0 Å². The molecule has 0 unspecified atom stereocenters. The minimum atomic E-state index is 0. The SMILES string of the molecule is CCc1ccc(CCN=C(N)Nc2ccccc2COC)cc1.I. The van der Waals surface area contributed by atoms with Crippen LogP contribution in [0.5, 0.6) is 0 Å². The van der Waals surface area contributed by atoms with Crippen LogP contribution in [0, 0.1) is 0 Å². The number of methoxy groups -OCH3 is 1. The van der Waals surface area contributed by atoms with Crippen LogP contribution in [0.3, 0.4) is 0 Å². The second-order valence-corrected chi connectivity index (χ2v) is 5.40. The molecule has 5 heteroatoms. The van der Waals surface area contributed by atoms with Gasteiger partial charge < -0.3 is 15.8 Å². The average molecular weight is 439 g/mol. The fraction of sp³-hybridized carbons (Fsp3) is 0.316. The molecule has 0 atom stereocenters. The predicted octanol–water partition coefficient (Wildman–Crippen LogP) is 3.98. The fourth-order valence-electron chi connectivity index (χ4n) is 2.35. The van der Waals surface area contributed by atoms with E-state index in [1.54, 1.807) is 7.11 Å². The van der Waals surface area contributed by atoms with Crippen LogP contribution in [-0.2, 0) is 24.2 Å². The molecule has 2 aromatic rings. The molecule has 0 fully saturated rings. The standard InChI is InChI=1S/C19H25N3O.HI/c1-3-15-8-10-16(11-9-15)12-13-21-19(20)22-18-7-5-4-6-17(18)14-23-2;/h4-11H,3,12-14H2,1-2H3,(H3,20,21,22);1H. The molecule has 0 saturated carbocycles. The number of ether oxygens (including phenoxy) is 1. The summed E-state index contributed by atoms with van der Waals surface area (Å²) < 4.78 is 5.19. The van der Waals surface area contributed by atoms with Crippen LogP contribution in [0.25, 0.3) is 0 Å². The van der Waals surface area contributed by atoms with Crippen molar-refractivity contribution in [1.29, 1.82) is 0 Å². The van der Waals surface area contributed by atoms with E-state index in [1.165, 1.54) is 11.1 Å². The van der Waals surface area contributed by atoms with Crippen molar-refractivity contribution < 1.29 is 4.74 Å². The molecule has 3 N–H and O–H groups in total. The highest BCUT2D eigenvalue weighted by Gasteiger charge is 2.02. The van der Waals surface area contributed by atoms with Gasteiger partial charge in [-0.1, -0.05) is 49.4 Å². The smallest absolute Gasteiger partial charge is 0.193 e. The Balaban J connectivity index is 0.00000288. The van der Waals surface area contributed by atoms with E-state index >= 15 is 0 Å². The average Bonchev–Trinajstić information content (AvgIpc) is 2.57. The lowest BCUT2D eigenvalue weighted by Gasteiger charge is -2.10. The number of rotatable bonds is 7. The summed E-state index contributed by atoms with van der Waals surface area (Å²) in [4.78, 5) is 4.40. The molecule has 0 aromatic heterocycles. The van der Waals surface area contributed by atoms with Crippen LogP contribution in [0.15, 0.2) is 53.5 Å². The molecular weight excluding hydrogens is 413 g/mol. The molecule has 0 aliphatic carbocycles. The van der Waals surface area contributed by atoms with E-state index in [4.69, 9.17) is 10.5 Å². The molecule has 0 aliphatic rings. The third kappa shape index (κ3) is 6.49. The first-order valence-electron chi connectivity index (χ1n) is 7.94. The molecule has 0 bridgehead atoms. The van der Waals surface area contributed by atoms with E-state index < -0.39 is 0 Å². The largest absolute Gasteiger partial charge is 0.380 e. The molecule has 0 spiro atoms. The van der Waals surface area contributed by atoms with Gasteiger partial charge in [-0.3, -0.25) is 4.99 Å². The van der Waals surface area contributed by atoms with Gasteiger partial charge in [0.15, 0.2) is 5.96 Å². The molecule has 0 amide bonds. The van der Waals surface area contributed by atoms with Gasteiger partial charge in [0.25, 0.3) is 0 Å². The van der Waals surface area contributed by atoms with Crippen LogP contribution < -0.4 is 11.1 Å². The minimum absolute atomic E-state index is 0. The lowest BCUT2D eigenvalue weighted by molar-refractivity contribution is 0.185. The molecule has 0 radical (unpaired) electrons. The van der Waals surface area contributed by atoms with Gasteiger partial charge in [0.1, 0.15) is 0 Å². The van der Waals surface area contributed by atoms with Crippen LogP contribution in [-0.4, -0.2) is 19.6 Å². The summed E-state index contributed by atoms with van der Waals surface area (Å²) in [6.45, 7) is 3.37. The van der Waals surface area contributed by atoms with Crippen LogP contribution in [0.2, 0.25) is 0 Å². The summed E-state index contributed by atoms with van der Waals surface area (Å²) in [6.07, 6.45) is 1.95. The molecule has 0 saturated heterocycles. The number of hydrogen-bond acceptors (Lipinski definition) is 2.